The molecule has 0 saturated carbocycles. The number of rotatable bonds is 7. The van der Waals surface area contributed by atoms with Crippen molar-refractivity contribution in [3.05, 3.63) is 11.3 Å². The number of nitrogens with one attached hydrogen (secondary N) is 1. The Balaban J connectivity index is 2.08. The van der Waals surface area contributed by atoms with Gasteiger partial charge < -0.3 is 19.9 Å². The lowest BCUT2D eigenvalue weighted by Crippen LogP contribution is -2.32. The minimum Gasteiger partial charge on any atom is -0.383 e. The average molecular weight is 295 g/mol. The van der Waals surface area contributed by atoms with Crippen LogP contribution in [-0.4, -0.2) is 68.2 Å². The maximum atomic E-state index is 5.09. The number of hydrogen-bond acceptors (Lipinski definition) is 5. The van der Waals surface area contributed by atoms with Crippen LogP contribution in [0, 0.1) is 6.92 Å². The molecule has 6 nitrogen and oxygen atoms in total. The van der Waals surface area contributed by atoms with Crippen LogP contribution in [0.3, 0.4) is 0 Å². The van der Waals surface area contributed by atoms with Crippen molar-refractivity contribution >= 4 is 5.82 Å². The van der Waals surface area contributed by atoms with Crippen LogP contribution in [0.4, 0.5) is 5.82 Å². The second kappa shape index (κ2) is 7.24. The van der Waals surface area contributed by atoms with E-state index in [1.54, 1.807) is 7.11 Å². The summed E-state index contributed by atoms with van der Waals surface area (Å²) in [6.45, 7) is 6.73. The Kier molecular flexibility index (Phi) is 5.61. The van der Waals surface area contributed by atoms with E-state index in [0.717, 1.165) is 38.5 Å². The van der Waals surface area contributed by atoms with Crippen LogP contribution in [0.15, 0.2) is 0 Å². The average Bonchev–Trinajstić information content (AvgIpc) is 3.00. The molecule has 0 aliphatic carbocycles. The Hall–Kier alpha value is -1.11. The fraction of sp³-hybridized carbons (Fsp3) is 0.800. The van der Waals surface area contributed by atoms with Gasteiger partial charge in [-0.1, -0.05) is 0 Å². The smallest absolute Gasteiger partial charge is 0.131 e. The van der Waals surface area contributed by atoms with E-state index in [0.29, 0.717) is 6.04 Å². The molecule has 1 aliphatic heterocycles. The topological polar surface area (TPSA) is 45.6 Å². The number of ether oxygens (including phenoxy) is 1. The van der Waals surface area contributed by atoms with E-state index in [-0.39, 0.29) is 0 Å². The van der Waals surface area contributed by atoms with Gasteiger partial charge in [0.1, 0.15) is 5.82 Å². The number of anilines is 1. The summed E-state index contributed by atoms with van der Waals surface area (Å²) in [7, 11) is 8.10. The molecule has 2 rings (SSSR count). The van der Waals surface area contributed by atoms with Crippen molar-refractivity contribution in [2.45, 2.75) is 25.9 Å². The van der Waals surface area contributed by atoms with Crippen molar-refractivity contribution in [3.63, 3.8) is 0 Å². The summed E-state index contributed by atoms with van der Waals surface area (Å²) < 4.78 is 7.11. The second-order valence-electron chi connectivity index (χ2n) is 6.03. The highest BCUT2D eigenvalue weighted by Crippen LogP contribution is 2.27. The number of nitrogens with zero attached hydrogens (tertiary/aromatic N) is 4. The lowest BCUT2D eigenvalue weighted by atomic mass is 10.2. The van der Waals surface area contributed by atoms with Gasteiger partial charge in [0.15, 0.2) is 0 Å². The minimum atomic E-state index is 0.634. The molecule has 0 aromatic carbocycles. The van der Waals surface area contributed by atoms with E-state index in [4.69, 9.17) is 4.74 Å². The number of aryl methyl sites for hydroxylation is 2. The standard InChI is InChI=1S/C15H29N5O/c1-12-14(10-16-7-9-21-5)15(19(4)17-12)20-8-6-13(11-20)18(2)3/h13,16H,6-11H2,1-5H3. The summed E-state index contributed by atoms with van der Waals surface area (Å²) in [6.07, 6.45) is 1.22. The lowest BCUT2D eigenvalue weighted by Gasteiger charge is -2.23. The molecule has 21 heavy (non-hydrogen) atoms. The van der Waals surface area contributed by atoms with Gasteiger partial charge >= 0.3 is 0 Å². The first kappa shape index (κ1) is 16.3. The van der Waals surface area contributed by atoms with Crippen LogP contribution in [0.5, 0.6) is 0 Å². The van der Waals surface area contributed by atoms with Gasteiger partial charge in [0, 0.05) is 51.9 Å². The van der Waals surface area contributed by atoms with Gasteiger partial charge in [-0.25, -0.2) is 0 Å². The summed E-state index contributed by atoms with van der Waals surface area (Å²) >= 11 is 0. The molecule has 1 atom stereocenters. The van der Waals surface area contributed by atoms with Crippen molar-refractivity contribution in [2.75, 3.05) is 52.3 Å². The number of likely N-dealkylation sites (N-methyl/N-ethyl adjacent to an activating group) is 1. The number of aromatic nitrogens is 2. The van der Waals surface area contributed by atoms with Crippen LogP contribution in [0.25, 0.3) is 0 Å². The van der Waals surface area contributed by atoms with Gasteiger partial charge in [-0.3, -0.25) is 4.68 Å². The first-order valence-corrected chi connectivity index (χ1v) is 7.68. The molecule has 1 aliphatic rings. The molecular formula is C15H29N5O. The molecule has 1 aromatic rings. The summed E-state index contributed by atoms with van der Waals surface area (Å²) in [4.78, 5) is 4.79. The molecule has 0 amide bonds. The molecule has 0 radical (unpaired) electrons. The van der Waals surface area contributed by atoms with E-state index in [9.17, 15) is 0 Å². The van der Waals surface area contributed by atoms with E-state index < -0.39 is 0 Å². The molecule has 1 N–H and O–H groups in total. The van der Waals surface area contributed by atoms with Crippen molar-refractivity contribution in [3.8, 4) is 0 Å². The normalized spacial score (nSPS) is 19.0. The van der Waals surface area contributed by atoms with Gasteiger partial charge in [-0.15, -0.1) is 0 Å². The highest BCUT2D eigenvalue weighted by molar-refractivity contribution is 5.51. The molecular weight excluding hydrogens is 266 g/mol. The molecule has 6 heteroatoms. The van der Waals surface area contributed by atoms with E-state index >= 15 is 0 Å². The van der Waals surface area contributed by atoms with Crippen molar-refractivity contribution in [2.24, 2.45) is 7.05 Å². The Bertz CT molecular complexity index is 457. The van der Waals surface area contributed by atoms with Crippen molar-refractivity contribution in [1.82, 2.24) is 20.0 Å². The molecule has 0 spiro atoms. The number of methoxy groups -OCH3 is 1. The van der Waals surface area contributed by atoms with Gasteiger partial charge in [-0.05, 0) is 27.4 Å². The fourth-order valence-electron chi connectivity index (χ4n) is 3.04. The maximum Gasteiger partial charge on any atom is 0.131 e. The van der Waals surface area contributed by atoms with E-state index in [2.05, 4.69) is 41.2 Å². The van der Waals surface area contributed by atoms with Crippen LogP contribution in [0.1, 0.15) is 17.7 Å². The van der Waals surface area contributed by atoms with Gasteiger partial charge in [0.2, 0.25) is 0 Å². The van der Waals surface area contributed by atoms with Gasteiger partial charge in [-0.2, -0.15) is 5.10 Å². The SMILES string of the molecule is COCCNCc1c(C)nn(C)c1N1CCC(N(C)C)C1. The molecule has 2 heterocycles. The van der Waals surface area contributed by atoms with E-state index in [1.807, 2.05) is 11.7 Å². The molecule has 1 saturated heterocycles. The highest BCUT2D eigenvalue weighted by atomic mass is 16.5. The predicted octanol–water partition coefficient (Wildman–Crippen LogP) is 0.605. The lowest BCUT2D eigenvalue weighted by molar-refractivity contribution is 0.199. The first-order valence-electron chi connectivity index (χ1n) is 7.68. The highest BCUT2D eigenvalue weighted by Gasteiger charge is 2.28. The predicted molar refractivity (Wildman–Crippen MR) is 85.8 cm³/mol. The molecule has 1 fully saturated rings. The Morgan fingerprint density at radius 1 is 1.43 bits per heavy atom. The zero-order chi connectivity index (χ0) is 15.4. The van der Waals surface area contributed by atoms with Gasteiger partial charge in [0.25, 0.3) is 0 Å². The molecule has 1 aromatic heterocycles. The summed E-state index contributed by atoms with van der Waals surface area (Å²) in [6, 6.07) is 0.634. The third-order valence-corrected chi connectivity index (χ3v) is 4.29. The Labute approximate surface area is 128 Å². The maximum absolute atomic E-state index is 5.09. The summed E-state index contributed by atoms with van der Waals surface area (Å²) in [5, 5.41) is 8.05. The third-order valence-electron chi connectivity index (χ3n) is 4.29. The van der Waals surface area contributed by atoms with Gasteiger partial charge in [0.05, 0.1) is 12.3 Å². The Morgan fingerprint density at radius 3 is 2.81 bits per heavy atom. The third kappa shape index (κ3) is 3.75. The largest absolute Gasteiger partial charge is 0.383 e. The first-order chi connectivity index (χ1) is 10.0. The van der Waals surface area contributed by atoms with Crippen LogP contribution in [-0.2, 0) is 18.3 Å². The van der Waals surface area contributed by atoms with Crippen LogP contribution < -0.4 is 10.2 Å². The summed E-state index contributed by atoms with van der Waals surface area (Å²) in [5.74, 6) is 1.27. The zero-order valence-electron chi connectivity index (χ0n) is 14.0. The molecule has 1 unspecified atom stereocenters. The molecule has 120 valence electrons. The van der Waals surface area contributed by atoms with Crippen LogP contribution in [0.2, 0.25) is 0 Å². The number of hydrogen-bond donors (Lipinski definition) is 1. The molecule has 0 bridgehead atoms. The quantitative estimate of drug-likeness (QED) is 0.747. The van der Waals surface area contributed by atoms with Crippen LogP contribution >= 0.6 is 0 Å². The minimum absolute atomic E-state index is 0.634. The fourth-order valence-corrected chi connectivity index (χ4v) is 3.04. The van der Waals surface area contributed by atoms with E-state index in [1.165, 1.54) is 17.8 Å². The second-order valence-corrected chi connectivity index (χ2v) is 6.03. The summed E-state index contributed by atoms with van der Waals surface area (Å²) in [5.41, 5.74) is 2.43. The van der Waals surface area contributed by atoms with Crippen molar-refractivity contribution < 1.29 is 4.74 Å². The van der Waals surface area contributed by atoms with Crippen molar-refractivity contribution in [1.29, 1.82) is 0 Å². The monoisotopic (exact) mass is 295 g/mol. The Morgan fingerprint density at radius 2 is 2.19 bits per heavy atom. The zero-order valence-corrected chi connectivity index (χ0v) is 14.0.